The van der Waals surface area contributed by atoms with Crippen LogP contribution in [0.3, 0.4) is 0 Å². The lowest BCUT2D eigenvalue weighted by atomic mass is 10.1. The Labute approximate surface area is 170 Å². The first-order valence-corrected chi connectivity index (χ1v) is 9.67. The lowest BCUT2D eigenvalue weighted by Gasteiger charge is -2.32. The monoisotopic (exact) mass is 395 g/mol. The number of hydrogen-bond acceptors (Lipinski definition) is 4. The topological polar surface area (TPSA) is 87.7 Å². The van der Waals surface area contributed by atoms with Gasteiger partial charge in [0.25, 0.3) is 11.8 Å². The van der Waals surface area contributed by atoms with Crippen LogP contribution < -0.4 is 20.3 Å². The second-order valence-corrected chi connectivity index (χ2v) is 7.03. The number of nitrogens with zero attached hydrogens (tertiary/aromatic N) is 1. The van der Waals surface area contributed by atoms with Crippen LogP contribution in [0.2, 0.25) is 0 Å². The van der Waals surface area contributed by atoms with E-state index in [1.165, 1.54) is 4.90 Å². The molecule has 2 aromatic rings. The summed E-state index contributed by atoms with van der Waals surface area (Å²) in [6.07, 6.45) is 0.128. The number of amides is 3. The highest BCUT2D eigenvalue weighted by Gasteiger charge is 2.32. The van der Waals surface area contributed by atoms with Gasteiger partial charge in [0.2, 0.25) is 5.91 Å². The minimum Gasteiger partial charge on any atom is -0.479 e. The number of anilines is 2. The molecule has 7 nitrogen and oxygen atoms in total. The summed E-state index contributed by atoms with van der Waals surface area (Å²) in [5.41, 5.74) is 1.33. The molecule has 3 rings (SSSR count). The van der Waals surface area contributed by atoms with Crippen molar-refractivity contribution < 1.29 is 19.1 Å². The van der Waals surface area contributed by atoms with Crippen LogP contribution in [-0.2, 0) is 9.59 Å². The Morgan fingerprint density at radius 3 is 2.59 bits per heavy atom. The van der Waals surface area contributed by atoms with Crippen LogP contribution in [0.15, 0.2) is 48.5 Å². The van der Waals surface area contributed by atoms with E-state index < -0.39 is 12.0 Å². The highest BCUT2D eigenvalue weighted by molar-refractivity contribution is 6.08. The lowest BCUT2D eigenvalue weighted by molar-refractivity contribution is -0.127. The molecular formula is C22H25N3O4. The van der Waals surface area contributed by atoms with Gasteiger partial charge in [-0.15, -0.1) is 0 Å². The third-order valence-corrected chi connectivity index (χ3v) is 4.81. The second-order valence-electron chi connectivity index (χ2n) is 7.03. The first kappa shape index (κ1) is 20.4. The minimum absolute atomic E-state index is 0.0234. The molecule has 29 heavy (non-hydrogen) atoms. The number of hydrogen-bond donors (Lipinski definition) is 2. The number of ether oxygens (including phenoxy) is 1. The first-order chi connectivity index (χ1) is 13.9. The standard InChI is InChI=1S/C22H25N3O4/c1-4-14(2)23-21(27)16-9-5-6-10-17(16)24-20(26)13-25-18-11-7-8-12-19(18)29-15(3)22(25)28/h5-12,14-15H,4,13H2,1-3H3,(H,23,27)(H,24,26). The van der Waals surface area contributed by atoms with E-state index in [1.807, 2.05) is 19.9 Å². The summed E-state index contributed by atoms with van der Waals surface area (Å²) in [6.45, 7) is 5.38. The van der Waals surface area contributed by atoms with Gasteiger partial charge < -0.3 is 15.4 Å². The summed E-state index contributed by atoms with van der Waals surface area (Å²) in [7, 11) is 0. The zero-order valence-corrected chi connectivity index (χ0v) is 16.8. The van der Waals surface area contributed by atoms with Crippen LogP contribution in [-0.4, -0.2) is 36.4 Å². The van der Waals surface area contributed by atoms with Crippen LogP contribution in [0.4, 0.5) is 11.4 Å². The largest absolute Gasteiger partial charge is 0.479 e. The van der Waals surface area contributed by atoms with Gasteiger partial charge in [-0.3, -0.25) is 19.3 Å². The van der Waals surface area contributed by atoms with Gasteiger partial charge in [-0.05, 0) is 44.5 Å². The minimum atomic E-state index is -0.675. The van der Waals surface area contributed by atoms with Crippen LogP contribution in [0.5, 0.6) is 5.75 Å². The molecular weight excluding hydrogens is 370 g/mol. The van der Waals surface area contributed by atoms with Crippen LogP contribution >= 0.6 is 0 Å². The molecule has 7 heteroatoms. The molecule has 2 aromatic carbocycles. The summed E-state index contributed by atoms with van der Waals surface area (Å²) < 4.78 is 5.60. The maximum Gasteiger partial charge on any atom is 0.268 e. The van der Waals surface area contributed by atoms with E-state index >= 15 is 0 Å². The van der Waals surface area contributed by atoms with Crippen molar-refractivity contribution in [3.05, 3.63) is 54.1 Å². The second kappa shape index (κ2) is 8.77. The maximum atomic E-state index is 12.7. The smallest absolute Gasteiger partial charge is 0.268 e. The number of para-hydroxylation sites is 3. The van der Waals surface area contributed by atoms with Crippen molar-refractivity contribution in [2.75, 3.05) is 16.8 Å². The molecule has 0 aromatic heterocycles. The van der Waals surface area contributed by atoms with Gasteiger partial charge in [0.15, 0.2) is 6.10 Å². The van der Waals surface area contributed by atoms with E-state index in [-0.39, 0.29) is 24.4 Å². The van der Waals surface area contributed by atoms with Crippen LogP contribution in [0.25, 0.3) is 0 Å². The molecule has 2 N–H and O–H groups in total. The summed E-state index contributed by atoms with van der Waals surface area (Å²) in [4.78, 5) is 39.2. The van der Waals surface area contributed by atoms with E-state index in [9.17, 15) is 14.4 Å². The van der Waals surface area contributed by atoms with Crippen molar-refractivity contribution >= 4 is 29.1 Å². The van der Waals surface area contributed by atoms with E-state index in [1.54, 1.807) is 49.4 Å². The summed E-state index contributed by atoms with van der Waals surface area (Å²) >= 11 is 0. The van der Waals surface area contributed by atoms with Gasteiger partial charge in [0, 0.05) is 6.04 Å². The van der Waals surface area contributed by atoms with Crippen molar-refractivity contribution in [3.63, 3.8) is 0 Å². The average molecular weight is 395 g/mol. The van der Waals surface area contributed by atoms with E-state index in [2.05, 4.69) is 10.6 Å². The third kappa shape index (κ3) is 4.56. The number of rotatable bonds is 6. The molecule has 0 aliphatic carbocycles. The fourth-order valence-electron chi connectivity index (χ4n) is 3.05. The van der Waals surface area contributed by atoms with Gasteiger partial charge in [0.05, 0.1) is 16.9 Å². The molecule has 2 unspecified atom stereocenters. The van der Waals surface area contributed by atoms with E-state index in [4.69, 9.17) is 4.74 Å². The molecule has 2 atom stereocenters. The zero-order valence-electron chi connectivity index (χ0n) is 16.8. The number of carbonyl (C=O) groups excluding carboxylic acids is 3. The predicted octanol–water partition coefficient (Wildman–Crippen LogP) is 2.97. The van der Waals surface area contributed by atoms with Crippen LogP contribution in [0.1, 0.15) is 37.6 Å². The number of nitrogens with one attached hydrogen (secondary N) is 2. The first-order valence-electron chi connectivity index (χ1n) is 9.67. The molecule has 3 amide bonds. The number of benzene rings is 2. The van der Waals surface area contributed by atoms with Crippen molar-refractivity contribution in [3.8, 4) is 5.75 Å². The Kier molecular flexibility index (Phi) is 6.16. The quantitative estimate of drug-likeness (QED) is 0.787. The molecule has 1 aliphatic heterocycles. The summed E-state index contributed by atoms with van der Waals surface area (Å²) in [5, 5.41) is 5.66. The maximum absolute atomic E-state index is 12.7. The predicted molar refractivity (Wildman–Crippen MR) is 111 cm³/mol. The molecule has 1 aliphatic rings. The van der Waals surface area contributed by atoms with Crippen molar-refractivity contribution in [1.82, 2.24) is 5.32 Å². The molecule has 0 radical (unpaired) electrons. The van der Waals surface area contributed by atoms with Gasteiger partial charge >= 0.3 is 0 Å². The molecule has 0 saturated heterocycles. The Balaban J connectivity index is 1.77. The van der Waals surface area contributed by atoms with Gasteiger partial charge in [-0.2, -0.15) is 0 Å². The Morgan fingerprint density at radius 2 is 1.83 bits per heavy atom. The molecule has 1 heterocycles. The normalized spacial score (nSPS) is 16.4. The van der Waals surface area contributed by atoms with Crippen molar-refractivity contribution in [2.24, 2.45) is 0 Å². The van der Waals surface area contributed by atoms with Crippen LogP contribution in [0, 0.1) is 0 Å². The lowest BCUT2D eigenvalue weighted by Crippen LogP contribution is -2.47. The Morgan fingerprint density at radius 1 is 1.14 bits per heavy atom. The van der Waals surface area contributed by atoms with E-state index in [0.717, 1.165) is 6.42 Å². The highest BCUT2D eigenvalue weighted by Crippen LogP contribution is 2.33. The van der Waals surface area contributed by atoms with Gasteiger partial charge in [-0.1, -0.05) is 31.2 Å². The number of carbonyl (C=O) groups is 3. The molecule has 0 saturated carbocycles. The zero-order chi connectivity index (χ0) is 21.0. The highest BCUT2D eigenvalue weighted by atomic mass is 16.5. The third-order valence-electron chi connectivity index (χ3n) is 4.81. The van der Waals surface area contributed by atoms with Gasteiger partial charge in [-0.25, -0.2) is 0 Å². The molecule has 0 fully saturated rings. The fourth-order valence-corrected chi connectivity index (χ4v) is 3.05. The summed E-state index contributed by atoms with van der Waals surface area (Å²) in [5.74, 6) is -0.384. The Bertz CT molecular complexity index is 928. The van der Waals surface area contributed by atoms with Crippen molar-refractivity contribution in [1.29, 1.82) is 0 Å². The SMILES string of the molecule is CCC(C)NC(=O)c1ccccc1NC(=O)CN1C(=O)C(C)Oc2ccccc21. The fraction of sp³-hybridized carbons (Fsp3) is 0.318. The molecule has 0 bridgehead atoms. The number of fused-ring (bicyclic) bond motifs is 1. The average Bonchev–Trinajstić information content (AvgIpc) is 2.71. The van der Waals surface area contributed by atoms with E-state index in [0.29, 0.717) is 22.7 Å². The van der Waals surface area contributed by atoms with Gasteiger partial charge in [0.1, 0.15) is 12.3 Å². The molecule has 0 spiro atoms. The summed E-state index contributed by atoms with van der Waals surface area (Å²) in [6, 6.07) is 13.9. The van der Waals surface area contributed by atoms with Crippen molar-refractivity contribution in [2.45, 2.75) is 39.3 Å². The Hall–Kier alpha value is -3.35. The molecule has 152 valence electrons.